The third-order valence-corrected chi connectivity index (χ3v) is 5.74. The van der Waals surface area contributed by atoms with Crippen molar-refractivity contribution in [2.75, 3.05) is 0 Å². The zero-order chi connectivity index (χ0) is 13.0. The molecule has 1 aromatic rings. The monoisotopic (exact) mass is 392 g/mol. The maximum Gasteiger partial charge on any atom is 0.0762 e. The molecule has 0 bridgehead atoms. The summed E-state index contributed by atoms with van der Waals surface area (Å²) >= 11 is 8.86. The maximum absolute atomic E-state index is 5.78. The summed E-state index contributed by atoms with van der Waals surface area (Å²) in [7, 11) is 0. The van der Waals surface area contributed by atoms with Gasteiger partial charge in [0.15, 0.2) is 0 Å². The van der Waals surface area contributed by atoms with Crippen molar-refractivity contribution in [3.05, 3.63) is 30.9 Å². The summed E-state index contributed by atoms with van der Waals surface area (Å²) in [5.41, 5.74) is 5.65. The largest absolute Gasteiger partial charge is 0.271 e. The van der Waals surface area contributed by atoms with Crippen LogP contribution in [-0.2, 0) is 0 Å². The molecule has 0 aliphatic heterocycles. The Morgan fingerprint density at radius 3 is 2.67 bits per heavy atom. The number of thiophene rings is 1. The van der Waals surface area contributed by atoms with E-state index in [2.05, 4.69) is 49.4 Å². The van der Waals surface area contributed by atoms with Gasteiger partial charge in [0.1, 0.15) is 0 Å². The molecule has 2 rings (SSSR count). The van der Waals surface area contributed by atoms with Gasteiger partial charge in [0, 0.05) is 5.56 Å². The molecule has 3 N–H and O–H groups in total. The van der Waals surface area contributed by atoms with E-state index in [1.165, 1.54) is 43.2 Å². The molecule has 1 aromatic heterocycles. The molecule has 18 heavy (non-hydrogen) atoms. The lowest BCUT2D eigenvalue weighted by atomic mass is 9.92. The summed E-state index contributed by atoms with van der Waals surface area (Å²) in [6.07, 6.45) is 9.97. The third-order valence-electron chi connectivity index (χ3n) is 3.36. The fourth-order valence-electron chi connectivity index (χ4n) is 2.43. The van der Waals surface area contributed by atoms with Crippen LogP contribution < -0.4 is 11.3 Å². The van der Waals surface area contributed by atoms with Crippen LogP contribution in [0.1, 0.15) is 50.1 Å². The van der Waals surface area contributed by atoms with Crippen LogP contribution in [0.5, 0.6) is 0 Å². The van der Waals surface area contributed by atoms with Crippen molar-refractivity contribution in [2.45, 2.75) is 44.6 Å². The van der Waals surface area contributed by atoms with E-state index in [1.54, 1.807) is 11.3 Å². The molecule has 0 radical (unpaired) electrons. The van der Waals surface area contributed by atoms with Gasteiger partial charge in [-0.15, -0.1) is 11.3 Å². The normalized spacial score (nSPS) is 21.8. The molecule has 0 aromatic carbocycles. The van der Waals surface area contributed by atoms with Gasteiger partial charge in [-0.05, 0) is 63.6 Å². The first-order valence-corrected chi connectivity index (χ1v) is 8.72. The van der Waals surface area contributed by atoms with Gasteiger partial charge in [0.05, 0.1) is 13.6 Å². The van der Waals surface area contributed by atoms with E-state index >= 15 is 0 Å². The van der Waals surface area contributed by atoms with Crippen LogP contribution in [0.15, 0.2) is 25.3 Å². The minimum atomic E-state index is 0.139. The van der Waals surface area contributed by atoms with Crippen LogP contribution in [-0.4, -0.2) is 0 Å². The van der Waals surface area contributed by atoms with Gasteiger partial charge in [0.2, 0.25) is 0 Å². The first-order chi connectivity index (χ1) is 8.72. The Bertz CT molecular complexity index is 429. The Morgan fingerprint density at radius 2 is 2.00 bits per heavy atom. The van der Waals surface area contributed by atoms with E-state index in [-0.39, 0.29) is 6.04 Å². The minimum Gasteiger partial charge on any atom is -0.271 e. The fourth-order valence-corrected chi connectivity index (χ4v) is 5.33. The first-order valence-electron chi connectivity index (χ1n) is 6.32. The summed E-state index contributed by atoms with van der Waals surface area (Å²) in [5.74, 6) is 5.78. The summed E-state index contributed by atoms with van der Waals surface area (Å²) in [6.45, 7) is 0. The second-order valence-corrected chi connectivity index (χ2v) is 8.36. The smallest absolute Gasteiger partial charge is 0.0762 e. The average Bonchev–Trinajstić information content (AvgIpc) is 2.62. The lowest BCUT2D eigenvalue weighted by molar-refractivity contribution is 0.555. The molecule has 1 aliphatic carbocycles. The second-order valence-electron chi connectivity index (χ2n) is 4.61. The Kier molecular flexibility index (Phi) is 5.89. The van der Waals surface area contributed by atoms with E-state index < -0.39 is 0 Å². The number of nitrogens with two attached hydrogens (primary N) is 1. The number of nitrogens with one attached hydrogen (secondary N) is 1. The van der Waals surface area contributed by atoms with Crippen LogP contribution >= 0.6 is 43.2 Å². The van der Waals surface area contributed by atoms with Crippen LogP contribution in [0.3, 0.4) is 0 Å². The molecule has 0 saturated heterocycles. The van der Waals surface area contributed by atoms with Gasteiger partial charge < -0.3 is 0 Å². The highest BCUT2D eigenvalue weighted by Gasteiger charge is 2.20. The predicted octanol–water partition coefficient (Wildman–Crippen LogP) is 5.06. The van der Waals surface area contributed by atoms with Crippen LogP contribution in [0.4, 0.5) is 0 Å². The van der Waals surface area contributed by atoms with E-state index in [1.807, 2.05) is 0 Å². The highest BCUT2D eigenvalue weighted by molar-refractivity contribution is 9.12. The molecule has 1 atom stereocenters. The molecule has 1 heterocycles. The number of hydrazine groups is 1. The highest BCUT2D eigenvalue weighted by atomic mass is 79.9. The van der Waals surface area contributed by atoms with Gasteiger partial charge in [-0.25, -0.2) is 5.43 Å². The number of allylic oxidation sites excluding steroid dienone is 1. The zero-order valence-corrected chi connectivity index (χ0v) is 14.2. The molecule has 1 aliphatic rings. The first kappa shape index (κ1) is 14.7. The molecule has 100 valence electrons. The van der Waals surface area contributed by atoms with E-state index in [9.17, 15) is 0 Å². The van der Waals surface area contributed by atoms with E-state index in [0.717, 1.165) is 14.0 Å². The van der Waals surface area contributed by atoms with Gasteiger partial charge in [-0.1, -0.05) is 24.5 Å². The van der Waals surface area contributed by atoms with Crippen molar-refractivity contribution in [2.24, 2.45) is 5.84 Å². The average molecular weight is 394 g/mol. The quantitative estimate of drug-likeness (QED) is 0.428. The Balaban J connectivity index is 2.23. The van der Waals surface area contributed by atoms with Gasteiger partial charge in [-0.3, -0.25) is 5.84 Å². The second kappa shape index (κ2) is 7.20. The van der Waals surface area contributed by atoms with Gasteiger partial charge in [-0.2, -0.15) is 0 Å². The van der Waals surface area contributed by atoms with E-state index in [0.29, 0.717) is 0 Å². The lowest BCUT2D eigenvalue weighted by Crippen LogP contribution is -2.29. The molecule has 1 unspecified atom stereocenters. The van der Waals surface area contributed by atoms with Crippen LogP contribution in [0.25, 0.3) is 0 Å². The molecular weight excluding hydrogens is 376 g/mol. The van der Waals surface area contributed by atoms with Crippen molar-refractivity contribution in [1.29, 1.82) is 0 Å². The van der Waals surface area contributed by atoms with Crippen molar-refractivity contribution < 1.29 is 0 Å². The lowest BCUT2D eigenvalue weighted by Gasteiger charge is -2.21. The molecular formula is C13H18Br2N2S. The van der Waals surface area contributed by atoms with Crippen molar-refractivity contribution in [1.82, 2.24) is 5.43 Å². The molecule has 2 nitrogen and oxygen atoms in total. The fraction of sp³-hybridized carbons (Fsp3) is 0.538. The highest BCUT2D eigenvalue weighted by Crippen LogP contribution is 2.39. The zero-order valence-electron chi connectivity index (χ0n) is 10.2. The van der Waals surface area contributed by atoms with Crippen molar-refractivity contribution in [3.8, 4) is 0 Å². The predicted molar refractivity (Wildman–Crippen MR) is 85.6 cm³/mol. The number of rotatable bonds is 3. The van der Waals surface area contributed by atoms with Crippen molar-refractivity contribution >= 4 is 43.2 Å². The molecule has 0 saturated carbocycles. The van der Waals surface area contributed by atoms with Crippen LogP contribution in [0, 0.1) is 0 Å². The topological polar surface area (TPSA) is 38.0 Å². The minimum absolute atomic E-state index is 0.139. The summed E-state index contributed by atoms with van der Waals surface area (Å²) < 4.78 is 2.29. The van der Waals surface area contributed by atoms with Crippen LogP contribution in [0.2, 0.25) is 0 Å². The standard InChI is InChI=1S/C13H18Br2N2S/c14-11-8-10(13(15)18-11)12(17-16)9-6-4-2-1-3-5-7-9/h6,8,12,17H,1-5,7,16H2/b9-6+. The molecule has 0 amide bonds. The summed E-state index contributed by atoms with van der Waals surface area (Å²) in [5, 5.41) is 0. The van der Waals surface area contributed by atoms with Crippen molar-refractivity contribution in [3.63, 3.8) is 0 Å². The Hall–Kier alpha value is 0.320. The van der Waals surface area contributed by atoms with E-state index in [4.69, 9.17) is 5.84 Å². The third kappa shape index (κ3) is 3.67. The SMILES string of the molecule is NNC(/C1=C/CCCCCC1)c1cc(Br)sc1Br. The Morgan fingerprint density at radius 1 is 1.22 bits per heavy atom. The van der Waals surface area contributed by atoms with Gasteiger partial charge in [0.25, 0.3) is 0 Å². The number of hydrogen-bond donors (Lipinski definition) is 2. The molecule has 0 fully saturated rings. The summed E-state index contributed by atoms with van der Waals surface area (Å²) in [4.78, 5) is 0. The molecule has 5 heteroatoms. The number of halogens is 2. The molecule has 0 spiro atoms. The van der Waals surface area contributed by atoms with Gasteiger partial charge >= 0.3 is 0 Å². The number of hydrogen-bond acceptors (Lipinski definition) is 3. The maximum atomic E-state index is 5.78. The summed E-state index contributed by atoms with van der Waals surface area (Å²) in [6, 6.07) is 2.29. The Labute approximate surface area is 129 Å².